The van der Waals surface area contributed by atoms with Gasteiger partial charge in [-0.05, 0) is 96.2 Å². The van der Waals surface area contributed by atoms with E-state index < -0.39 is 0 Å². The van der Waals surface area contributed by atoms with E-state index in [2.05, 4.69) is 144 Å². The Labute approximate surface area is 232 Å². The molecule has 3 heteroatoms. The van der Waals surface area contributed by atoms with E-state index in [9.17, 15) is 0 Å². The molecule has 0 radical (unpaired) electrons. The van der Waals surface area contributed by atoms with Gasteiger partial charge >= 0.3 is 7.12 Å². The van der Waals surface area contributed by atoms with Crippen molar-refractivity contribution >= 4 is 23.4 Å². The molecule has 5 aromatic carbocycles. The SMILES string of the molecule is Cc1ccccc1-c1ccccc1Cc1ccc(-c2ccc(B3OC(C)(C)C(C)(C)O3)cc2)c2ccccc12. The Balaban J connectivity index is 1.34. The van der Waals surface area contributed by atoms with Gasteiger partial charge in [0.1, 0.15) is 0 Å². The van der Waals surface area contributed by atoms with Crippen LogP contribution in [-0.2, 0) is 15.7 Å². The van der Waals surface area contributed by atoms with Crippen molar-refractivity contribution < 1.29 is 9.31 Å². The molecule has 0 atom stereocenters. The lowest BCUT2D eigenvalue weighted by molar-refractivity contribution is 0.00578. The minimum Gasteiger partial charge on any atom is -0.399 e. The van der Waals surface area contributed by atoms with Crippen LogP contribution in [0.15, 0.2) is 109 Å². The summed E-state index contributed by atoms with van der Waals surface area (Å²) in [5, 5.41) is 2.57. The Morgan fingerprint density at radius 2 is 1.13 bits per heavy atom. The molecule has 1 heterocycles. The predicted molar refractivity (Wildman–Crippen MR) is 165 cm³/mol. The van der Waals surface area contributed by atoms with Crippen molar-refractivity contribution in [2.24, 2.45) is 0 Å². The van der Waals surface area contributed by atoms with Crippen LogP contribution in [0.2, 0.25) is 0 Å². The van der Waals surface area contributed by atoms with Crippen molar-refractivity contribution in [1.29, 1.82) is 0 Å². The molecular weight excluding hydrogens is 475 g/mol. The third kappa shape index (κ3) is 4.71. The average molecular weight is 510 g/mol. The normalized spacial score (nSPS) is 16.1. The predicted octanol–water partition coefficient (Wildman–Crippen LogP) is 8.37. The number of aryl methyl sites for hydroxylation is 1. The third-order valence-corrected chi connectivity index (χ3v) is 8.59. The Kier molecular flexibility index (Phi) is 6.45. The lowest BCUT2D eigenvalue weighted by atomic mass is 9.78. The highest BCUT2D eigenvalue weighted by atomic mass is 16.7. The minimum atomic E-state index is -0.350. The summed E-state index contributed by atoms with van der Waals surface area (Å²) in [7, 11) is -0.350. The number of fused-ring (bicyclic) bond motifs is 1. The fraction of sp³-hybridized carbons (Fsp3) is 0.222. The smallest absolute Gasteiger partial charge is 0.399 e. The van der Waals surface area contributed by atoms with Crippen molar-refractivity contribution in [3.8, 4) is 22.3 Å². The lowest BCUT2D eigenvalue weighted by Gasteiger charge is -2.32. The second-order valence-corrected chi connectivity index (χ2v) is 11.7. The lowest BCUT2D eigenvalue weighted by Crippen LogP contribution is -2.41. The average Bonchev–Trinajstić information content (AvgIpc) is 3.16. The van der Waals surface area contributed by atoms with Gasteiger partial charge in [0.2, 0.25) is 0 Å². The molecule has 1 fully saturated rings. The van der Waals surface area contributed by atoms with Crippen LogP contribution in [0.3, 0.4) is 0 Å². The van der Waals surface area contributed by atoms with Crippen LogP contribution in [0.1, 0.15) is 44.4 Å². The van der Waals surface area contributed by atoms with Gasteiger partial charge in [-0.25, -0.2) is 0 Å². The number of benzene rings is 5. The summed E-state index contributed by atoms with van der Waals surface area (Å²) in [5.41, 5.74) is 9.37. The minimum absolute atomic E-state index is 0.347. The number of rotatable bonds is 5. The van der Waals surface area contributed by atoms with Gasteiger partial charge in [0, 0.05) is 0 Å². The monoisotopic (exact) mass is 510 g/mol. The summed E-state index contributed by atoms with van der Waals surface area (Å²) < 4.78 is 12.5. The van der Waals surface area contributed by atoms with Crippen LogP contribution in [0, 0.1) is 6.92 Å². The molecule has 194 valence electrons. The maximum atomic E-state index is 6.26. The summed E-state index contributed by atoms with van der Waals surface area (Å²) in [5.74, 6) is 0. The Morgan fingerprint density at radius 1 is 0.538 bits per heavy atom. The molecule has 0 N–H and O–H groups in total. The first kappa shape index (κ1) is 25.6. The topological polar surface area (TPSA) is 18.5 Å². The van der Waals surface area contributed by atoms with Crippen molar-refractivity contribution in [3.05, 3.63) is 126 Å². The van der Waals surface area contributed by atoms with E-state index >= 15 is 0 Å². The molecule has 6 rings (SSSR count). The molecule has 0 amide bonds. The number of hydrogen-bond acceptors (Lipinski definition) is 2. The van der Waals surface area contributed by atoms with Gasteiger partial charge < -0.3 is 9.31 Å². The zero-order valence-electron chi connectivity index (χ0n) is 23.5. The summed E-state index contributed by atoms with van der Waals surface area (Å²) in [6.07, 6.45) is 0.881. The van der Waals surface area contributed by atoms with Crippen LogP contribution in [0.4, 0.5) is 0 Å². The second kappa shape index (κ2) is 9.82. The Hall–Kier alpha value is -3.66. The van der Waals surface area contributed by atoms with Crippen LogP contribution in [0.5, 0.6) is 0 Å². The third-order valence-electron chi connectivity index (χ3n) is 8.59. The van der Waals surface area contributed by atoms with E-state index in [1.165, 1.54) is 49.7 Å². The van der Waals surface area contributed by atoms with Gasteiger partial charge in [-0.2, -0.15) is 0 Å². The van der Waals surface area contributed by atoms with Crippen LogP contribution < -0.4 is 5.46 Å². The number of hydrogen-bond donors (Lipinski definition) is 0. The maximum absolute atomic E-state index is 6.26. The van der Waals surface area contributed by atoms with E-state index in [-0.39, 0.29) is 18.3 Å². The summed E-state index contributed by atoms with van der Waals surface area (Å²) >= 11 is 0. The molecule has 0 bridgehead atoms. The molecule has 2 nitrogen and oxygen atoms in total. The van der Waals surface area contributed by atoms with Gasteiger partial charge in [-0.1, -0.05) is 109 Å². The first-order valence-electron chi connectivity index (χ1n) is 13.8. The zero-order chi connectivity index (χ0) is 27.2. The molecule has 39 heavy (non-hydrogen) atoms. The molecule has 0 spiro atoms. The van der Waals surface area contributed by atoms with Crippen molar-refractivity contribution in [2.45, 2.75) is 52.2 Å². The second-order valence-electron chi connectivity index (χ2n) is 11.7. The molecular formula is C36H35BO2. The molecule has 0 unspecified atom stereocenters. The summed E-state index contributed by atoms with van der Waals surface area (Å²) in [4.78, 5) is 0. The summed E-state index contributed by atoms with van der Waals surface area (Å²) in [6.45, 7) is 10.6. The fourth-order valence-electron chi connectivity index (χ4n) is 5.58. The molecule has 0 saturated carbocycles. The highest BCUT2D eigenvalue weighted by Gasteiger charge is 2.51. The van der Waals surface area contributed by atoms with Crippen LogP contribution in [0.25, 0.3) is 33.0 Å². The van der Waals surface area contributed by atoms with E-state index in [1.54, 1.807) is 0 Å². The first-order valence-corrected chi connectivity index (χ1v) is 13.8. The highest BCUT2D eigenvalue weighted by molar-refractivity contribution is 6.62. The standard InChI is InChI=1S/C36H35BO2/c1-25-12-6-8-14-30(25)31-15-9-7-13-27(31)24-28-20-23-33(34-17-11-10-16-32(28)34)26-18-21-29(22-19-26)37-38-35(2,3)36(4,5)39-37/h6-23H,24H2,1-5H3. The van der Waals surface area contributed by atoms with Gasteiger partial charge in [-0.3, -0.25) is 0 Å². The molecule has 0 aliphatic carbocycles. The molecule has 1 aliphatic rings. The Bertz CT molecular complexity index is 1630. The quantitative estimate of drug-likeness (QED) is 0.221. The molecule has 5 aromatic rings. The van der Waals surface area contributed by atoms with Gasteiger partial charge in [0.25, 0.3) is 0 Å². The molecule has 1 saturated heterocycles. The molecule has 1 aliphatic heterocycles. The Morgan fingerprint density at radius 3 is 1.82 bits per heavy atom. The van der Waals surface area contributed by atoms with Crippen molar-refractivity contribution in [3.63, 3.8) is 0 Å². The first-order chi connectivity index (χ1) is 18.7. The van der Waals surface area contributed by atoms with Crippen molar-refractivity contribution in [1.82, 2.24) is 0 Å². The molecule has 0 aromatic heterocycles. The van der Waals surface area contributed by atoms with Crippen LogP contribution >= 0.6 is 0 Å². The van der Waals surface area contributed by atoms with E-state index in [0.717, 1.165) is 11.9 Å². The van der Waals surface area contributed by atoms with E-state index in [0.29, 0.717) is 0 Å². The van der Waals surface area contributed by atoms with E-state index in [4.69, 9.17) is 9.31 Å². The highest BCUT2D eigenvalue weighted by Crippen LogP contribution is 2.37. The van der Waals surface area contributed by atoms with Crippen molar-refractivity contribution in [2.75, 3.05) is 0 Å². The zero-order valence-corrected chi connectivity index (χ0v) is 23.5. The summed E-state index contributed by atoms with van der Waals surface area (Å²) in [6, 6.07) is 39.4. The maximum Gasteiger partial charge on any atom is 0.494 e. The van der Waals surface area contributed by atoms with Gasteiger partial charge in [0.15, 0.2) is 0 Å². The fourth-order valence-corrected chi connectivity index (χ4v) is 5.58. The largest absolute Gasteiger partial charge is 0.494 e. The van der Waals surface area contributed by atoms with E-state index in [1.807, 2.05) is 0 Å². The van der Waals surface area contributed by atoms with Crippen LogP contribution in [-0.4, -0.2) is 18.3 Å². The van der Waals surface area contributed by atoms with Gasteiger partial charge in [0.05, 0.1) is 11.2 Å². The van der Waals surface area contributed by atoms with Gasteiger partial charge in [-0.15, -0.1) is 0 Å².